The molecular formula is C17H16BrNO4. The second-order valence-electron chi connectivity index (χ2n) is 5.11. The fourth-order valence-corrected chi connectivity index (χ4v) is 2.28. The van der Waals surface area contributed by atoms with Crippen LogP contribution in [0.2, 0.25) is 0 Å². The van der Waals surface area contributed by atoms with Gasteiger partial charge in [-0.2, -0.15) is 0 Å². The summed E-state index contributed by atoms with van der Waals surface area (Å²) in [5, 5.41) is 18.5. The Morgan fingerprint density at radius 3 is 2.65 bits per heavy atom. The van der Waals surface area contributed by atoms with Crippen LogP contribution < -0.4 is 4.74 Å². The van der Waals surface area contributed by atoms with Crippen LogP contribution in [0.3, 0.4) is 0 Å². The van der Waals surface area contributed by atoms with Crippen molar-refractivity contribution in [1.29, 1.82) is 0 Å². The van der Waals surface area contributed by atoms with E-state index in [9.17, 15) is 9.90 Å². The first-order chi connectivity index (χ1) is 10.9. The summed E-state index contributed by atoms with van der Waals surface area (Å²) in [4.78, 5) is 15.3. The van der Waals surface area contributed by atoms with Crippen molar-refractivity contribution in [2.45, 2.75) is 20.0 Å². The molecule has 0 saturated carbocycles. The van der Waals surface area contributed by atoms with Crippen LogP contribution in [0.25, 0.3) is 0 Å². The van der Waals surface area contributed by atoms with E-state index in [0.29, 0.717) is 11.4 Å². The Hall–Kier alpha value is -2.34. The van der Waals surface area contributed by atoms with Gasteiger partial charge in [-0.05, 0) is 50.2 Å². The Morgan fingerprint density at radius 1 is 1.26 bits per heavy atom. The highest BCUT2D eigenvalue weighted by molar-refractivity contribution is 9.10. The molecule has 0 spiro atoms. The second kappa shape index (κ2) is 7.28. The zero-order valence-corrected chi connectivity index (χ0v) is 14.2. The molecule has 0 aliphatic carbocycles. The summed E-state index contributed by atoms with van der Waals surface area (Å²) in [7, 11) is 0. The first-order valence-corrected chi connectivity index (χ1v) is 7.72. The van der Waals surface area contributed by atoms with Crippen molar-refractivity contribution in [3.8, 4) is 11.5 Å². The number of hydrogen-bond acceptors (Lipinski definition) is 4. The van der Waals surface area contributed by atoms with E-state index in [1.807, 2.05) is 32.0 Å². The SMILES string of the molecule is CC(C)Oc1ccc(Br)cc1C=Nc1ccc(O)c(C(=O)O)c1. The number of carboxylic acid groups (broad SMARTS) is 1. The zero-order valence-electron chi connectivity index (χ0n) is 12.7. The lowest BCUT2D eigenvalue weighted by Crippen LogP contribution is -2.07. The molecule has 0 amide bonds. The summed E-state index contributed by atoms with van der Waals surface area (Å²) in [6.07, 6.45) is 1.62. The molecule has 120 valence electrons. The van der Waals surface area contributed by atoms with E-state index in [1.165, 1.54) is 12.1 Å². The van der Waals surface area contributed by atoms with Crippen molar-refractivity contribution in [3.05, 3.63) is 52.0 Å². The van der Waals surface area contributed by atoms with Crippen molar-refractivity contribution in [2.75, 3.05) is 0 Å². The minimum Gasteiger partial charge on any atom is -0.507 e. The molecule has 0 heterocycles. The third-order valence-corrected chi connectivity index (χ3v) is 3.39. The van der Waals surface area contributed by atoms with Crippen LogP contribution in [0.15, 0.2) is 45.9 Å². The number of phenols is 1. The molecule has 0 fully saturated rings. The molecule has 0 aliphatic rings. The average Bonchev–Trinajstić information content (AvgIpc) is 2.48. The molecule has 0 bridgehead atoms. The van der Waals surface area contributed by atoms with Crippen LogP contribution in [-0.4, -0.2) is 28.5 Å². The number of carbonyl (C=O) groups is 1. The largest absolute Gasteiger partial charge is 0.507 e. The topological polar surface area (TPSA) is 79.1 Å². The highest BCUT2D eigenvalue weighted by atomic mass is 79.9. The quantitative estimate of drug-likeness (QED) is 0.757. The first-order valence-electron chi connectivity index (χ1n) is 6.93. The van der Waals surface area contributed by atoms with E-state index in [-0.39, 0.29) is 17.4 Å². The van der Waals surface area contributed by atoms with Crippen LogP contribution in [0, 0.1) is 0 Å². The van der Waals surface area contributed by atoms with Gasteiger partial charge in [0.25, 0.3) is 0 Å². The van der Waals surface area contributed by atoms with Crippen LogP contribution in [0.1, 0.15) is 29.8 Å². The van der Waals surface area contributed by atoms with Gasteiger partial charge >= 0.3 is 5.97 Å². The number of carboxylic acids is 1. The maximum absolute atomic E-state index is 11.0. The standard InChI is InChI=1S/C17H16BrNO4/c1-10(2)23-16-6-3-12(18)7-11(16)9-19-13-4-5-15(20)14(8-13)17(21)22/h3-10,20H,1-2H3,(H,21,22). The van der Waals surface area contributed by atoms with Gasteiger partial charge in [0, 0.05) is 16.3 Å². The number of aromatic hydroxyl groups is 1. The Balaban J connectivity index is 2.35. The fourth-order valence-electron chi connectivity index (χ4n) is 1.90. The van der Waals surface area contributed by atoms with Gasteiger partial charge in [-0.1, -0.05) is 15.9 Å². The van der Waals surface area contributed by atoms with Gasteiger partial charge in [-0.25, -0.2) is 4.79 Å². The van der Waals surface area contributed by atoms with Crippen LogP contribution in [0.4, 0.5) is 5.69 Å². The molecule has 0 aliphatic heterocycles. The van der Waals surface area contributed by atoms with Crippen molar-refractivity contribution < 1.29 is 19.7 Å². The lowest BCUT2D eigenvalue weighted by atomic mass is 10.1. The highest BCUT2D eigenvalue weighted by Gasteiger charge is 2.10. The van der Waals surface area contributed by atoms with E-state index in [2.05, 4.69) is 20.9 Å². The highest BCUT2D eigenvalue weighted by Crippen LogP contribution is 2.26. The van der Waals surface area contributed by atoms with Crippen LogP contribution in [0.5, 0.6) is 11.5 Å². The molecule has 0 atom stereocenters. The lowest BCUT2D eigenvalue weighted by molar-refractivity contribution is 0.0693. The van der Waals surface area contributed by atoms with Crippen molar-refractivity contribution in [1.82, 2.24) is 0 Å². The molecule has 6 heteroatoms. The summed E-state index contributed by atoms with van der Waals surface area (Å²) in [5.74, 6) is -0.808. The number of aliphatic imine (C=N–C) groups is 1. The third-order valence-electron chi connectivity index (χ3n) is 2.90. The molecule has 0 radical (unpaired) electrons. The normalized spacial score (nSPS) is 11.1. The van der Waals surface area contributed by atoms with Crippen LogP contribution >= 0.6 is 15.9 Å². The Morgan fingerprint density at radius 2 is 2.00 bits per heavy atom. The summed E-state index contributed by atoms with van der Waals surface area (Å²) < 4.78 is 6.61. The van der Waals surface area contributed by atoms with E-state index < -0.39 is 5.97 Å². The number of halogens is 1. The van der Waals surface area contributed by atoms with Gasteiger partial charge in [-0.3, -0.25) is 4.99 Å². The van der Waals surface area contributed by atoms with Gasteiger partial charge < -0.3 is 14.9 Å². The third kappa shape index (κ3) is 4.56. The summed E-state index contributed by atoms with van der Waals surface area (Å²) in [5.41, 5.74) is 1.00. The zero-order chi connectivity index (χ0) is 17.0. The molecule has 2 aromatic rings. The van der Waals surface area contributed by atoms with Gasteiger partial charge in [-0.15, -0.1) is 0 Å². The maximum atomic E-state index is 11.0. The predicted octanol–water partition coefficient (Wildman–Crippen LogP) is 4.39. The number of ether oxygens (including phenoxy) is 1. The predicted molar refractivity (Wildman–Crippen MR) is 92.2 cm³/mol. The van der Waals surface area contributed by atoms with Crippen molar-refractivity contribution in [3.63, 3.8) is 0 Å². The van der Waals surface area contributed by atoms with Gasteiger partial charge in [0.1, 0.15) is 17.1 Å². The molecule has 0 unspecified atom stereocenters. The molecule has 0 saturated heterocycles. The molecule has 2 rings (SSSR count). The molecule has 2 N–H and O–H groups in total. The molecule has 5 nitrogen and oxygen atoms in total. The summed E-state index contributed by atoms with van der Waals surface area (Å²) >= 11 is 3.40. The molecule has 23 heavy (non-hydrogen) atoms. The van der Waals surface area contributed by atoms with Crippen molar-refractivity contribution >= 4 is 33.8 Å². The Bertz CT molecular complexity index is 756. The number of benzene rings is 2. The van der Waals surface area contributed by atoms with Gasteiger partial charge in [0.15, 0.2) is 0 Å². The van der Waals surface area contributed by atoms with E-state index in [0.717, 1.165) is 10.0 Å². The maximum Gasteiger partial charge on any atom is 0.339 e. The Kier molecular flexibility index (Phi) is 5.39. The van der Waals surface area contributed by atoms with E-state index in [1.54, 1.807) is 12.3 Å². The number of hydrogen-bond donors (Lipinski definition) is 2. The molecular weight excluding hydrogens is 362 g/mol. The summed E-state index contributed by atoms with van der Waals surface area (Å²) in [6, 6.07) is 9.74. The fraction of sp³-hybridized carbons (Fsp3) is 0.176. The average molecular weight is 378 g/mol. The van der Waals surface area contributed by atoms with Gasteiger partial charge in [0.2, 0.25) is 0 Å². The number of rotatable bonds is 5. The summed E-state index contributed by atoms with van der Waals surface area (Å²) in [6.45, 7) is 3.87. The monoisotopic (exact) mass is 377 g/mol. The second-order valence-corrected chi connectivity index (χ2v) is 6.03. The first kappa shape index (κ1) is 17.0. The van der Waals surface area contributed by atoms with Gasteiger partial charge in [0.05, 0.1) is 11.8 Å². The van der Waals surface area contributed by atoms with E-state index in [4.69, 9.17) is 9.84 Å². The minimum absolute atomic E-state index is 0.0237. The molecule has 2 aromatic carbocycles. The lowest BCUT2D eigenvalue weighted by Gasteiger charge is -2.12. The van der Waals surface area contributed by atoms with E-state index >= 15 is 0 Å². The number of nitrogens with zero attached hydrogens (tertiary/aromatic N) is 1. The van der Waals surface area contributed by atoms with Crippen LogP contribution in [-0.2, 0) is 0 Å². The van der Waals surface area contributed by atoms with Crippen molar-refractivity contribution in [2.24, 2.45) is 4.99 Å². The Labute approximate surface area is 142 Å². The minimum atomic E-state index is -1.20. The number of aromatic carboxylic acids is 1. The molecule has 0 aromatic heterocycles. The smallest absolute Gasteiger partial charge is 0.339 e.